The Hall–Kier alpha value is -1.84. The van der Waals surface area contributed by atoms with Gasteiger partial charge >= 0.3 is 5.97 Å². The molecule has 17 heavy (non-hydrogen) atoms. The minimum Gasteiger partial charge on any atom is -0.481 e. The number of para-hydroxylation sites is 1. The Morgan fingerprint density at radius 2 is 1.82 bits per heavy atom. The Labute approximate surface area is 101 Å². The van der Waals surface area contributed by atoms with Crippen LogP contribution in [0.25, 0.3) is 0 Å². The summed E-state index contributed by atoms with van der Waals surface area (Å²) in [6.07, 6.45) is 1.16. The quantitative estimate of drug-likeness (QED) is 0.823. The number of carbonyl (C=O) groups is 2. The predicted octanol–water partition coefficient (Wildman–Crippen LogP) is 2.29. The van der Waals surface area contributed by atoms with E-state index in [1.807, 2.05) is 37.3 Å². The molecule has 1 aromatic carbocycles. The summed E-state index contributed by atoms with van der Waals surface area (Å²) in [6, 6.07) is 9.17. The highest BCUT2D eigenvalue weighted by atomic mass is 16.4. The highest BCUT2D eigenvalue weighted by Gasteiger charge is 2.15. The van der Waals surface area contributed by atoms with E-state index in [0.717, 1.165) is 12.1 Å². The van der Waals surface area contributed by atoms with Crippen molar-refractivity contribution in [2.45, 2.75) is 26.2 Å². The van der Waals surface area contributed by atoms with Gasteiger partial charge in [-0.1, -0.05) is 25.1 Å². The summed E-state index contributed by atoms with van der Waals surface area (Å²) in [5, 5.41) is 8.68. The fourth-order valence-electron chi connectivity index (χ4n) is 1.56. The third kappa shape index (κ3) is 4.26. The van der Waals surface area contributed by atoms with E-state index >= 15 is 0 Å². The Bertz CT molecular complexity index is 376. The minimum absolute atomic E-state index is 0.0278. The molecule has 4 heteroatoms. The molecule has 0 saturated heterocycles. The summed E-state index contributed by atoms with van der Waals surface area (Å²) in [7, 11) is 0. The lowest BCUT2D eigenvalue weighted by Gasteiger charge is -2.21. The fraction of sp³-hybridized carbons (Fsp3) is 0.385. The third-order valence-corrected chi connectivity index (χ3v) is 2.38. The van der Waals surface area contributed by atoms with Crippen LogP contribution in [0.5, 0.6) is 0 Å². The van der Waals surface area contributed by atoms with Crippen molar-refractivity contribution in [3.05, 3.63) is 30.3 Å². The molecule has 1 N–H and O–H groups in total. The van der Waals surface area contributed by atoms with Crippen molar-refractivity contribution in [2.24, 2.45) is 0 Å². The molecule has 0 unspecified atom stereocenters. The zero-order chi connectivity index (χ0) is 12.7. The zero-order valence-electron chi connectivity index (χ0n) is 9.93. The molecular formula is C13H17NO3. The first kappa shape index (κ1) is 13.2. The van der Waals surface area contributed by atoms with Crippen LogP contribution in [0, 0.1) is 0 Å². The van der Waals surface area contributed by atoms with Gasteiger partial charge in [0, 0.05) is 18.7 Å². The van der Waals surface area contributed by atoms with Crippen LogP contribution < -0.4 is 4.90 Å². The average Bonchev–Trinajstić information content (AvgIpc) is 2.30. The van der Waals surface area contributed by atoms with Crippen LogP contribution in [0.4, 0.5) is 5.69 Å². The predicted molar refractivity (Wildman–Crippen MR) is 66.0 cm³/mol. The van der Waals surface area contributed by atoms with Gasteiger partial charge in [-0.2, -0.15) is 0 Å². The first-order valence-corrected chi connectivity index (χ1v) is 5.72. The van der Waals surface area contributed by atoms with E-state index in [-0.39, 0.29) is 18.9 Å². The second-order valence-electron chi connectivity index (χ2n) is 3.77. The number of carboxylic acids is 1. The van der Waals surface area contributed by atoms with Crippen molar-refractivity contribution >= 4 is 17.6 Å². The summed E-state index contributed by atoms with van der Waals surface area (Å²) in [5.74, 6) is -0.921. The molecule has 1 rings (SSSR count). The van der Waals surface area contributed by atoms with Gasteiger partial charge in [-0.25, -0.2) is 0 Å². The summed E-state index contributed by atoms with van der Waals surface area (Å²) in [6.45, 7) is 2.15. The number of nitrogens with zero attached hydrogens (tertiary/aromatic N) is 1. The molecule has 0 saturated carbocycles. The van der Waals surface area contributed by atoms with Crippen LogP contribution in [0.1, 0.15) is 26.2 Å². The number of carbonyl (C=O) groups excluding carboxylic acids is 1. The third-order valence-electron chi connectivity index (χ3n) is 2.38. The molecule has 0 atom stereocenters. The highest BCUT2D eigenvalue weighted by Crippen LogP contribution is 2.15. The maximum absolute atomic E-state index is 11.9. The lowest BCUT2D eigenvalue weighted by molar-refractivity contribution is -0.136. The van der Waals surface area contributed by atoms with Gasteiger partial charge in [0.1, 0.15) is 0 Å². The van der Waals surface area contributed by atoms with Crippen LogP contribution >= 0.6 is 0 Å². The largest absolute Gasteiger partial charge is 0.481 e. The van der Waals surface area contributed by atoms with Crippen molar-refractivity contribution < 1.29 is 14.7 Å². The van der Waals surface area contributed by atoms with E-state index in [9.17, 15) is 9.59 Å². The van der Waals surface area contributed by atoms with Crippen molar-refractivity contribution in [1.29, 1.82) is 0 Å². The van der Waals surface area contributed by atoms with E-state index in [1.165, 1.54) is 4.90 Å². The SMILES string of the molecule is CCCC(=O)N(CCC(=O)O)c1ccccc1. The van der Waals surface area contributed by atoms with Crippen LogP contribution in [0.15, 0.2) is 30.3 Å². The molecule has 0 fully saturated rings. The Morgan fingerprint density at radius 1 is 1.18 bits per heavy atom. The van der Waals surface area contributed by atoms with E-state index in [4.69, 9.17) is 5.11 Å². The number of anilines is 1. The van der Waals surface area contributed by atoms with E-state index in [0.29, 0.717) is 6.42 Å². The minimum atomic E-state index is -0.893. The molecule has 0 aliphatic rings. The monoisotopic (exact) mass is 235 g/mol. The standard InChI is InChI=1S/C13H17NO3/c1-2-6-12(15)14(10-9-13(16)17)11-7-4-3-5-8-11/h3-5,7-8H,2,6,9-10H2,1H3,(H,16,17). The normalized spacial score (nSPS) is 9.94. The molecule has 92 valence electrons. The lowest BCUT2D eigenvalue weighted by Crippen LogP contribution is -2.32. The van der Waals surface area contributed by atoms with E-state index in [2.05, 4.69) is 0 Å². The topological polar surface area (TPSA) is 57.6 Å². The molecule has 4 nitrogen and oxygen atoms in total. The van der Waals surface area contributed by atoms with E-state index < -0.39 is 5.97 Å². The number of carboxylic acid groups (broad SMARTS) is 1. The smallest absolute Gasteiger partial charge is 0.305 e. The van der Waals surface area contributed by atoms with Gasteiger partial charge < -0.3 is 10.0 Å². The molecule has 1 aromatic rings. The first-order chi connectivity index (χ1) is 8.15. The van der Waals surface area contributed by atoms with Gasteiger partial charge in [-0.05, 0) is 18.6 Å². The Morgan fingerprint density at radius 3 is 2.35 bits per heavy atom. The summed E-state index contributed by atoms with van der Waals surface area (Å²) in [5.41, 5.74) is 0.757. The van der Waals surface area contributed by atoms with Crippen molar-refractivity contribution in [2.75, 3.05) is 11.4 Å². The fourth-order valence-corrected chi connectivity index (χ4v) is 1.56. The number of aliphatic carboxylic acids is 1. The number of hydrogen-bond donors (Lipinski definition) is 1. The molecule has 1 amide bonds. The number of amides is 1. The van der Waals surface area contributed by atoms with E-state index in [1.54, 1.807) is 0 Å². The summed E-state index contributed by atoms with van der Waals surface area (Å²) < 4.78 is 0. The van der Waals surface area contributed by atoms with Crippen molar-refractivity contribution in [3.63, 3.8) is 0 Å². The molecule has 0 heterocycles. The molecule has 0 aliphatic carbocycles. The van der Waals surface area contributed by atoms with Crippen LogP contribution in [0.3, 0.4) is 0 Å². The second kappa shape index (κ2) is 6.68. The van der Waals surface area contributed by atoms with Gasteiger partial charge in [0.25, 0.3) is 0 Å². The molecule has 0 aromatic heterocycles. The molecule has 0 bridgehead atoms. The lowest BCUT2D eigenvalue weighted by atomic mass is 10.2. The van der Waals surface area contributed by atoms with Gasteiger partial charge in [0.2, 0.25) is 5.91 Å². The van der Waals surface area contributed by atoms with Gasteiger partial charge in [0.05, 0.1) is 6.42 Å². The maximum atomic E-state index is 11.9. The first-order valence-electron chi connectivity index (χ1n) is 5.72. The molecular weight excluding hydrogens is 218 g/mol. The van der Waals surface area contributed by atoms with Crippen molar-refractivity contribution in [3.8, 4) is 0 Å². The average molecular weight is 235 g/mol. The molecule has 0 aliphatic heterocycles. The van der Waals surface area contributed by atoms with Gasteiger partial charge in [-0.3, -0.25) is 9.59 Å². The highest BCUT2D eigenvalue weighted by molar-refractivity contribution is 5.93. The maximum Gasteiger partial charge on any atom is 0.305 e. The molecule has 0 radical (unpaired) electrons. The summed E-state index contributed by atoms with van der Waals surface area (Å²) >= 11 is 0. The zero-order valence-corrected chi connectivity index (χ0v) is 9.93. The number of hydrogen-bond acceptors (Lipinski definition) is 2. The molecule has 0 spiro atoms. The number of rotatable bonds is 6. The Balaban J connectivity index is 2.78. The number of benzene rings is 1. The van der Waals surface area contributed by atoms with Crippen LogP contribution in [-0.2, 0) is 9.59 Å². The second-order valence-corrected chi connectivity index (χ2v) is 3.77. The van der Waals surface area contributed by atoms with Gasteiger partial charge in [-0.15, -0.1) is 0 Å². The summed E-state index contributed by atoms with van der Waals surface area (Å²) in [4.78, 5) is 24.0. The van der Waals surface area contributed by atoms with Crippen LogP contribution in [0.2, 0.25) is 0 Å². The Kier molecular flexibility index (Phi) is 5.20. The van der Waals surface area contributed by atoms with Crippen LogP contribution in [-0.4, -0.2) is 23.5 Å². The van der Waals surface area contributed by atoms with Gasteiger partial charge in [0.15, 0.2) is 0 Å². The van der Waals surface area contributed by atoms with Crippen molar-refractivity contribution in [1.82, 2.24) is 0 Å².